The van der Waals surface area contributed by atoms with Gasteiger partial charge >= 0.3 is 5.97 Å². The third kappa shape index (κ3) is 4.00. The minimum absolute atomic E-state index is 0.0303. The molecule has 1 heterocycles. The van der Waals surface area contributed by atoms with E-state index in [0.29, 0.717) is 11.3 Å². The summed E-state index contributed by atoms with van der Waals surface area (Å²) in [6, 6.07) is 14.4. The summed E-state index contributed by atoms with van der Waals surface area (Å²) in [6.45, 7) is 0. The van der Waals surface area contributed by atoms with Crippen LogP contribution in [0.15, 0.2) is 60.7 Å². The lowest BCUT2D eigenvalue weighted by atomic mass is 10.1. The number of hydrogen-bond donors (Lipinski definition) is 2. The van der Waals surface area contributed by atoms with Crippen LogP contribution < -0.4 is 9.04 Å². The number of aromatic carboxylic acids is 1. The lowest BCUT2D eigenvalue weighted by Gasteiger charge is -2.22. The van der Waals surface area contributed by atoms with Gasteiger partial charge in [-0.15, -0.1) is 0 Å². The maximum absolute atomic E-state index is 13.2. The first kappa shape index (κ1) is 19.5. The number of benzene rings is 2. The van der Waals surface area contributed by atoms with Gasteiger partial charge in [0.15, 0.2) is 0 Å². The zero-order chi connectivity index (χ0) is 20.3. The van der Waals surface area contributed by atoms with Crippen molar-refractivity contribution in [1.29, 1.82) is 0 Å². The Morgan fingerprint density at radius 3 is 2.46 bits per heavy atom. The Morgan fingerprint density at radius 2 is 1.86 bits per heavy atom. The molecule has 7 nitrogen and oxygen atoms in total. The summed E-state index contributed by atoms with van der Waals surface area (Å²) in [6.07, 6.45) is 0. The van der Waals surface area contributed by atoms with Crippen molar-refractivity contribution in [2.75, 3.05) is 11.4 Å². The Labute approximate surface area is 162 Å². The van der Waals surface area contributed by atoms with Crippen molar-refractivity contribution in [3.63, 3.8) is 0 Å². The molecule has 2 aromatic carbocycles. The normalized spacial score (nSPS) is 11.7. The van der Waals surface area contributed by atoms with Gasteiger partial charge in [-0.3, -0.25) is 4.55 Å². The predicted octanol–water partition coefficient (Wildman–Crippen LogP) is 3.87. The molecule has 144 valence electrons. The smallest absolute Gasteiger partial charge is 0.335 e. The van der Waals surface area contributed by atoms with E-state index in [1.165, 1.54) is 43.5 Å². The molecule has 2 N–H and O–H groups in total. The predicted molar refractivity (Wildman–Crippen MR) is 102 cm³/mol. The molecule has 1 aromatic heterocycles. The highest BCUT2D eigenvalue weighted by atomic mass is 32.2. The number of methoxy groups -OCH3 is 1. The van der Waals surface area contributed by atoms with Gasteiger partial charge in [-0.2, -0.15) is 0 Å². The highest BCUT2D eigenvalue weighted by Crippen LogP contribution is 2.35. The SMILES string of the molecule is COc1cc(C(=O)O)ccc1N(c1cccc(-c2ccc(F)cc2)n1)S(=O)O. The van der Waals surface area contributed by atoms with E-state index in [2.05, 4.69) is 4.98 Å². The van der Waals surface area contributed by atoms with E-state index in [1.807, 2.05) is 0 Å². The monoisotopic (exact) mass is 402 g/mol. The van der Waals surface area contributed by atoms with Crippen molar-refractivity contribution in [2.24, 2.45) is 0 Å². The number of nitrogens with zero attached hydrogens (tertiary/aromatic N) is 2. The van der Waals surface area contributed by atoms with Crippen LogP contribution in [-0.2, 0) is 11.3 Å². The van der Waals surface area contributed by atoms with Crippen molar-refractivity contribution >= 4 is 28.7 Å². The zero-order valence-electron chi connectivity index (χ0n) is 14.6. The van der Waals surface area contributed by atoms with Gasteiger partial charge in [0.25, 0.3) is 11.3 Å². The highest BCUT2D eigenvalue weighted by Gasteiger charge is 2.22. The van der Waals surface area contributed by atoms with Crippen LogP contribution in [0.2, 0.25) is 0 Å². The molecule has 0 aliphatic heterocycles. The summed E-state index contributed by atoms with van der Waals surface area (Å²) in [4.78, 5) is 15.5. The molecule has 0 aliphatic carbocycles. The molecule has 0 saturated carbocycles. The van der Waals surface area contributed by atoms with E-state index in [-0.39, 0.29) is 28.6 Å². The van der Waals surface area contributed by atoms with Crippen molar-refractivity contribution in [2.45, 2.75) is 0 Å². The number of ether oxygens (including phenoxy) is 1. The highest BCUT2D eigenvalue weighted by molar-refractivity contribution is 7.81. The maximum Gasteiger partial charge on any atom is 0.335 e. The lowest BCUT2D eigenvalue weighted by molar-refractivity contribution is 0.0696. The number of rotatable bonds is 6. The number of halogens is 1. The van der Waals surface area contributed by atoms with E-state index in [4.69, 9.17) is 9.84 Å². The molecule has 3 rings (SSSR count). The summed E-state index contributed by atoms with van der Waals surface area (Å²) in [5.41, 5.74) is 1.23. The van der Waals surface area contributed by atoms with Crippen LogP contribution in [0.5, 0.6) is 5.75 Å². The average molecular weight is 402 g/mol. The van der Waals surface area contributed by atoms with Gasteiger partial charge in [0.1, 0.15) is 23.1 Å². The standard InChI is InChI=1S/C19H15FN2O5S/c1-27-17-11-13(19(23)24)7-10-16(17)22(28(25)26)18-4-2-3-15(21-18)12-5-8-14(20)9-6-12/h2-11H,1H3,(H,23,24)(H,25,26). The van der Waals surface area contributed by atoms with Gasteiger partial charge in [0.05, 0.1) is 18.4 Å². The molecule has 0 bridgehead atoms. The Kier molecular flexibility index (Phi) is 5.67. The minimum atomic E-state index is -2.52. The van der Waals surface area contributed by atoms with Gasteiger partial charge in [0, 0.05) is 5.56 Å². The molecule has 0 spiro atoms. The third-order valence-corrected chi connectivity index (χ3v) is 4.58. The van der Waals surface area contributed by atoms with Crippen LogP contribution in [0.4, 0.5) is 15.9 Å². The lowest BCUT2D eigenvalue weighted by Crippen LogP contribution is -2.21. The fourth-order valence-corrected chi connectivity index (χ4v) is 3.16. The van der Waals surface area contributed by atoms with E-state index in [0.717, 1.165) is 4.31 Å². The molecule has 1 atom stereocenters. The van der Waals surface area contributed by atoms with Crippen molar-refractivity contribution in [1.82, 2.24) is 4.98 Å². The fourth-order valence-electron chi connectivity index (χ4n) is 2.58. The minimum Gasteiger partial charge on any atom is -0.495 e. The zero-order valence-corrected chi connectivity index (χ0v) is 15.4. The van der Waals surface area contributed by atoms with Crippen LogP contribution in [0.3, 0.4) is 0 Å². The summed E-state index contributed by atoms with van der Waals surface area (Å²) < 4.78 is 41.3. The van der Waals surface area contributed by atoms with Gasteiger partial charge in [-0.25, -0.2) is 22.7 Å². The van der Waals surface area contributed by atoms with Crippen LogP contribution in [-0.4, -0.2) is 31.9 Å². The first-order valence-corrected chi connectivity index (χ1v) is 9.02. The number of carboxylic acid groups (broad SMARTS) is 1. The van der Waals surface area contributed by atoms with Gasteiger partial charge < -0.3 is 9.84 Å². The van der Waals surface area contributed by atoms with E-state index in [9.17, 15) is 17.9 Å². The summed E-state index contributed by atoms with van der Waals surface area (Å²) in [5, 5.41) is 9.12. The Balaban J connectivity index is 2.09. The molecule has 1 unspecified atom stereocenters. The number of anilines is 2. The van der Waals surface area contributed by atoms with Crippen molar-refractivity contribution in [3.8, 4) is 17.0 Å². The van der Waals surface area contributed by atoms with Crippen molar-refractivity contribution in [3.05, 3.63) is 72.0 Å². The van der Waals surface area contributed by atoms with Crippen LogP contribution >= 0.6 is 0 Å². The molecular weight excluding hydrogens is 387 g/mol. The largest absolute Gasteiger partial charge is 0.495 e. The topological polar surface area (TPSA) is 100.0 Å². The first-order valence-electron chi connectivity index (χ1n) is 7.96. The Hall–Kier alpha value is -3.30. The van der Waals surface area contributed by atoms with Crippen LogP contribution in [0, 0.1) is 5.82 Å². The average Bonchev–Trinajstić information content (AvgIpc) is 2.68. The first-order chi connectivity index (χ1) is 13.4. The third-order valence-electron chi connectivity index (χ3n) is 3.88. The molecule has 0 fully saturated rings. The van der Waals surface area contributed by atoms with Gasteiger partial charge in [-0.1, -0.05) is 6.07 Å². The van der Waals surface area contributed by atoms with E-state index < -0.39 is 17.2 Å². The molecule has 9 heteroatoms. The summed E-state index contributed by atoms with van der Waals surface area (Å²) in [5.74, 6) is -1.32. The number of hydrogen-bond acceptors (Lipinski definition) is 4. The van der Waals surface area contributed by atoms with Crippen LogP contribution in [0.1, 0.15) is 10.4 Å². The van der Waals surface area contributed by atoms with Gasteiger partial charge in [-0.05, 0) is 54.6 Å². The molecular formula is C19H15FN2O5S. The van der Waals surface area contributed by atoms with Gasteiger partial charge in [0.2, 0.25) is 0 Å². The van der Waals surface area contributed by atoms with Crippen LogP contribution in [0.25, 0.3) is 11.3 Å². The number of aromatic nitrogens is 1. The molecule has 28 heavy (non-hydrogen) atoms. The molecule has 3 aromatic rings. The molecule has 0 amide bonds. The van der Waals surface area contributed by atoms with E-state index >= 15 is 0 Å². The Bertz CT molecular complexity index is 1040. The second-order valence-electron chi connectivity index (χ2n) is 5.60. The quantitative estimate of drug-likeness (QED) is 0.607. The number of carbonyl (C=O) groups is 1. The maximum atomic E-state index is 13.2. The second kappa shape index (κ2) is 8.15. The molecule has 0 aliphatic rings. The van der Waals surface area contributed by atoms with Crippen molar-refractivity contribution < 1.29 is 27.8 Å². The summed E-state index contributed by atoms with van der Waals surface area (Å²) >= 11 is -2.52. The number of pyridine rings is 1. The number of carboxylic acids is 1. The fraction of sp³-hybridized carbons (Fsp3) is 0.0526. The second-order valence-corrected chi connectivity index (χ2v) is 6.43. The summed E-state index contributed by atoms with van der Waals surface area (Å²) in [7, 11) is 1.32. The van der Waals surface area contributed by atoms with E-state index in [1.54, 1.807) is 24.3 Å². The Morgan fingerprint density at radius 1 is 1.14 bits per heavy atom. The molecule has 0 saturated heterocycles. The molecule has 0 radical (unpaired) electrons.